The van der Waals surface area contributed by atoms with Gasteiger partial charge in [0.25, 0.3) is 0 Å². The van der Waals surface area contributed by atoms with Crippen molar-refractivity contribution in [1.82, 2.24) is 14.9 Å². The van der Waals surface area contributed by atoms with Crippen molar-refractivity contribution in [2.24, 2.45) is 0 Å². The van der Waals surface area contributed by atoms with Crippen LogP contribution < -0.4 is 25.3 Å². The molecule has 10 heteroatoms. The third kappa shape index (κ3) is 6.19. The van der Waals surface area contributed by atoms with Crippen LogP contribution in [0.15, 0.2) is 67.5 Å². The van der Waals surface area contributed by atoms with Gasteiger partial charge in [-0.2, -0.15) is 0 Å². The fraction of sp³-hybridized carbons (Fsp3) is 0.367. The zero-order chi connectivity index (χ0) is 28.1. The Morgan fingerprint density at radius 1 is 1.18 bits per heavy atom. The van der Waals surface area contributed by atoms with E-state index in [4.69, 9.17) is 9.57 Å². The number of carbonyl (C=O) groups excluding carboxylic acids is 1. The fourth-order valence-corrected chi connectivity index (χ4v) is 5.27. The lowest BCUT2D eigenvalue weighted by Crippen LogP contribution is -2.31. The number of anilines is 5. The first kappa shape index (κ1) is 27.4. The van der Waals surface area contributed by atoms with Gasteiger partial charge in [0.15, 0.2) is 5.82 Å². The lowest BCUT2D eigenvalue weighted by atomic mass is 10.0. The van der Waals surface area contributed by atoms with Gasteiger partial charge in [0, 0.05) is 31.3 Å². The molecule has 2 N–H and O–H groups in total. The Balaban J connectivity index is 1.40. The number of methoxy groups -OCH3 is 1. The molecule has 5 rings (SSSR count). The number of benzene rings is 2. The molecule has 0 saturated carbocycles. The fourth-order valence-electron chi connectivity index (χ4n) is 5.27. The van der Waals surface area contributed by atoms with E-state index in [-0.39, 0.29) is 11.9 Å². The number of hydrogen-bond donors (Lipinski definition) is 2. The Morgan fingerprint density at radius 3 is 2.73 bits per heavy atom. The molecule has 3 aromatic rings. The highest BCUT2D eigenvalue weighted by molar-refractivity contribution is 6.02. The smallest absolute Gasteiger partial charge is 0.247 e. The summed E-state index contributed by atoms with van der Waals surface area (Å²) in [5.41, 5.74) is 3.50. The van der Waals surface area contributed by atoms with Crippen molar-refractivity contribution < 1.29 is 14.4 Å². The molecule has 2 saturated heterocycles. The second-order valence-corrected chi connectivity index (χ2v) is 10.3. The third-order valence-electron chi connectivity index (χ3n) is 7.46. The minimum atomic E-state index is -0.277. The monoisotopic (exact) mass is 543 g/mol. The van der Waals surface area contributed by atoms with Gasteiger partial charge in [-0.25, -0.2) is 15.0 Å². The summed E-state index contributed by atoms with van der Waals surface area (Å²) in [6, 6.07) is 16.7. The van der Waals surface area contributed by atoms with Gasteiger partial charge < -0.3 is 25.2 Å². The Labute approximate surface area is 235 Å². The molecular formula is C30H37N7O3. The second kappa shape index (κ2) is 12.4. The van der Waals surface area contributed by atoms with Crippen molar-refractivity contribution in [1.29, 1.82) is 0 Å². The average molecular weight is 544 g/mol. The molecule has 40 heavy (non-hydrogen) atoms. The van der Waals surface area contributed by atoms with Crippen LogP contribution >= 0.6 is 0 Å². The van der Waals surface area contributed by atoms with Gasteiger partial charge in [-0.3, -0.25) is 9.63 Å². The molecule has 2 fully saturated rings. The number of aromatic nitrogens is 2. The van der Waals surface area contributed by atoms with Gasteiger partial charge >= 0.3 is 0 Å². The maximum Gasteiger partial charge on any atom is 0.247 e. The van der Waals surface area contributed by atoms with Gasteiger partial charge in [0.1, 0.15) is 17.9 Å². The van der Waals surface area contributed by atoms with Gasteiger partial charge in [-0.1, -0.05) is 36.9 Å². The first-order valence-electron chi connectivity index (χ1n) is 13.6. The lowest BCUT2D eigenvalue weighted by Gasteiger charge is -2.26. The van der Waals surface area contributed by atoms with Crippen molar-refractivity contribution in [2.75, 3.05) is 61.5 Å². The van der Waals surface area contributed by atoms with Crippen LogP contribution in [0.4, 0.5) is 28.7 Å². The highest BCUT2D eigenvalue weighted by Crippen LogP contribution is 2.40. The van der Waals surface area contributed by atoms with E-state index in [1.807, 2.05) is 29.3 Å². The Bertz CT molecular complexity index is 1330. The van der Waals surface area contributed by atoms with Crippen molar-refractivity contribution in [3.05, 3.63) is 73.1 Å². The standard InChI is InChI=1S/C30H37N7O3/c1-5-30(38)34-24-16-25(27(39-4)17-26(24)36-13-11-23(19-36)35(2)3)33-28-18-29(32-20-31-28)37-22(12-14-40-37)15-21-9-7-6-8-10-21/h5-10,16-18,20,22-23H,1,11-15,19H2,2-4H3,(H,34,38)(H,31,32,33)/t22-,23-/m1/s1. The van der Waals surface area contributed by atoms with Crippen molar-refractivity contribution in [3.8, 4) is 5.75 Å². The SMILES string of the molecule is C=CC(=O)Nc1cc(Nc2cc(N3OCC[C@@H]3Cc3ccccc3)ncn2)c(OC)cc1N1CC[C@@H](N(C)C)C1. The van der Waals surface area contributed by atoms with Crippen molar-refractivity contribution >= 4 is 34.6 Å². The van der Waals surface area contributed by atoms with E-state index in [1.54, 1.807) is 7.11 Å². The lowest BCUT2D eigenvalue weighted by molar-refractivity contribution is -0.111. The van der Waals surface area contributed by atoms with Crippen molar-refractivity contribution in [3.63, 3.8) is 0 Å². The number of nitrogens with one attached hydrogen (secondary N) is 2. The largest absolute Gasteiger partial charge is 0.494 e. The van der Waals surface area contributed by atoms with Crippen LogP contribution in [0, 0.1) is 0 Å². The molecular weight excluding hydrogens is 506 g/mol. The number of rotatable bonds is 10. The van der Waals surface area contributed by atoms with E-state index < -0.39 is 0 Å². The number of hydrogen-bond acceptors (Lipinski definition) is 9. The molecule has 3 heterocycles. The summed E-state index contributed by atoms with van der Waals surface area (Å²) in [5, 5.41) is 8.22. The normalized spacial score (nSPS) is 18.7. The summed E-state index contributed by atoms with van der Waals surface area (Å²) in [4.78, 5) is 31.8. The Hall–Kier alpha value is -4.15. The molecule has 0 unspecified atom stereocenters. The molecule has 0 radical (unpaired) electrons. The number of ether oxygens (including phenoxy) is 1. The average Bonchev–Trinajstić information content (AvgIpc) is 3.64. The minimum absolute atomic E-state index is 0.172. The molecule has 10 nitrogen and oxygen atoms in total. The van der Waals surface area contributed by atoms with Gasteiger partial charge in [0.05, 0.1) is 36.8 Å². The molecule has 2 aliphatic heterocycles. The zero-order valence-corrected chi connectivity index (χ0v) is 23.3. The summed E-state index contributed by atoms with van der Waals surface area (Å²) >= 11 is 0. The first-order chi connectivity index (χ1) is 19.4. The maximum atomic E-state index is 12.4. The number of hydroxylamine groups is 1. The molecule has 0 spiro atoms. The summed E-state index contributed by atoms with van der Waals surface area (Å²) in [5.74, 6) is 1.62. The van der Waals surface area contributed by atoms with E-state index in [0.29, 0.717) is 41.4 Å². The quantitative estimate of drug-likeness (QED) is 0.364. The maximum absolute atomic E-state index is 12.4. The predicted molar refractivity (Wildman–Crippen MR) is 158 cm³/mol. The number of likely N-dealkylation sites (N-methyl/N-ethyl adjacent to an activating group) is 1. The molecule has 2 atom stereocenters. The van der Waals surface area contributed by atoms with Crippen molar-refractivity contribution in [2.45, 2.75) is 31.3 Å². The van der Waals surface area contributed by atoms with Gasteiger partial charge in [0.2, 0.25) is 5.91 Å². The summed E-state index contributed by atoms with van der Waals surface area (Å²) in [6.07, 6.45) is 5.60. The van der Waals surface area contributed by atoms with E-state index in [1.165, 1.54) is 18.0 Å². The van der Waals surface area contributed by atoms with Crippen LogP contribution in [-0.4, -0.2) is 73.8 Å². The highest BCUT2D eigenvalue weighted by Gasteiger charge is 2.29. The molecule has 1 amide bonds. The van der Waals surface area contributed by atoms with E-state index in [9.17, 15) is 4.79 Å². The molecule has 0 aliphatic carbocycles. The highest BCUT2D eigenvalue weighted by atomic mass is 16.7. The molecule has 210 valence electrons. The first-order valence-corrected chi connectivity index (χ1v) is 13.6. The van der Waals surface area contributed by atoms with E-state index in [0.717, 1.165) is 38.0 Å². The molecule has 1 aromatic heterocycles. The minimum Gasteiger partial charge on any atom is -0.494 e. The molecule has 0 bridgehead atoms. The molecule has 2 aromatic carbocycles. The molecule has 2 aliphatic rings. The summed E-state index contributed by atoms with van der Waals surface area (Å²) in [6.45, 7) is 5.99. The number of carbonyl (C=O) groups is 1. The van der Waals surface area contributed by atoms with Gasteiger partial charge in [-0.05, 0) is 51.1 Å². The summed E-state index contributed by atoms with van der Waals surface area (Å²) in [7, 11) is 5.82. The van der Waals surface area contributed by atoms with E-state index in [2.05, 4.69) is 75.3 Å². The third-order valence-corrected chi connectivity index (χ3v) is 7.46. The van der Waals surface area contributed by atoms with Crippen LogP contribution in [-0.2, 0) is 16.1 Å². The Morgan fingerprint density at radius 2 is 2.00 bits per heavy atom. The van der Waals surface area contributed by atoms with Crippen LogP contribution in [0.3, 0.4) is 0 Å². The summed E-state index contributed by atoms with van der Waals surface area (Å²) < 4.78 is 5.78. The predicted octanol–water partition coefficient (Wildman–Crippen LogP) is 4.25. The van der Waals surface area contributed by atoms with Crippen LogP contribution in [0.25, 0.3) is 0 Å². The van der Waals surface area contributed by atoms with Crippen LogP contribution in [0.1, 0.15) is 18.4 Å². The Kier molecular flexibility index (Phi) is 8.47. The van der Waals surface area contributed by atoms with Crippen LogP contribution in [0.5, 0.6) is 5.75 Å². The van der Waals surface area contributed by atoms with E-state index >= 15 is 0 Å². The zero-order valence-electron chi connectivity index (χ0n) is 23.3. The number of nitrogens with zero attached hydrogens (tertiary/aromatic N) is 5. The second-order valence-electron chi connectivity index (χ2n) is 10.3. The van der Waals surface area contributed by atoms with Gasteiger partial charge in [-0.15, -0.1) is 0 Å². The topological polar surface area (TPSA) is 95.1 Å². The van der Waals surface area contributed by atoms with Crippen LogP contribution in [0.2, 0.25) is 0 Å². The number of amides is 1.